The topological polar surface area (TPSA) is 12.0 Å². The SMILES string of the molecule is CC(Cc1ccccc1F)C(C)NC1CC1. The highest BCUT2D eigenvalue weighted by atomic mass is 19.1. The summed E-state index contributed by atoms with van der Waals surface area (Å²) in [5.41, 5.74) is 0.833. The third-order valence-corrected chi connectivity index (χ3v) is 3.43. The van der Waals surface area contributed by atoms with Crippen LogP contribution in [0.2, 0.25) is 0 Å². The molecule has 0 bridgehead atoms. The molecular weight excluding hydrogens is 201 g/mol. The highest BCUT2D eigenvalue weighted by Crippen LogP contribution is 2.22. The standard InChI is InChI=1S/C14H20FN/c1-10(11(2)16-13-7-8-13)9-12-5-3-4-6-14(12)15/h3-6,10-11,13,16H,7-9H2,1-2H3. The maximum absolute atomic E-state index is 13.5. The van der Waals surface area contributed by atoms with E-state index in [0.717, 1.165) is 18.0 Å². The quantitative estimate of drug-likeness (QED) is 0.805. The van der Waals surface area contributed by atoms with Crippen LogP contribution in [-0.4, -0.2) is 12.1 Å². The Hall–Kier alpha value is -0.890. The first-order valence-electron chi connectivity index (χ1n) is 6.16. The van der Waals surface area contributed by atoms with Gasteiger partial charge in [0.1, 0.15) is 5.82 Å². The normalized spacial score (nSPS) is 19.4. The smallest absolute Gasteiger partial charge is 0.126 e. The first-order valence-corrected chi connectivity index (χ1v) is 6.16. The summed E-state index contributed by atoms with van der Waals surface area (Å²) in [5, 5.41) is 3.57. The second kappa shape index (κ2) is 4.96. The number of halogens is 1. The number of hydrogen-bond acceptors (Lipinski definition) is 1. The Morgan fingerprint density at radius 2 is 2.00 bits per heavy atom. The molecule has 2 unspecified atom stereocenters. The average molecular weight is 221 g/mol. The van der Waals surface area contributed by atoms with Gasteiger partial charge in [-0.15, -0.1) is 0 Å². The van der Waals surface area contributed by atoms with Crippen LogP contribution in [0.15, 0.2) is 24.3 Å². The molecule has 1 nitrogen and oxygen atoms in total. The lowest BCUT2D eigenvalue weighted by Crippen LogP contribution is -2.34. The summed E-state index contributed by atoms with van der Waals surface area (Å²) in [4.78, 5) is 0. The molecule has 0 saturated heterocycles. The lowest BCUT2D eigenvalue weighted by molar-refractivity contribution is 0.391. The van der Waals surface area contributed by atoms with E-state index >= 15 is 0 Å². The zero-order valence-electron chi connectivity index (χ0n) is 10.0. The van der Waals surface area contributed by atoms with Crippen molar-refractivity contribution in [2.24, 2.45) is 5.92 Å². The number of nitrogens with one attached hydrogen (secondary N) is 1. The lowest BCUT2D eigenvalue weighted by Gasteiger charge is -2.21. The molecule has 2 heteroatoms. The van der Waals surface area contributed by atoms with Crippen molar-refractivity contribution < 1.29 is 4.39 Å². The van der Waals surface area contributed by atoms with Crippen LogP contribution in [-0.2, 0) is 6.42 Å². The van der Waals surface area contributed by atoms with Crippen LogP contribution in [0.25, 0.3) is 0 Å². The third kappa shape index (κ3) is 3.05. The van der Waals surface area contributed by atoms with Gasteiger partial charge in [-0.1, -0.05) is 25.1 Å². The molecule has 0 spiro atoms. The monoisotopic (exact) mass is 221 g/mol. The fourth-order valence-electron chi connectivity index (χ4n) is 1.97. The van der Waals surface area contributed by atoms with E-state index < -0.39 is 0 Å². The summed E-state index contributed by atoms with van der Waals surface area (Å²) in [6.07, 6.45) is 3.42. The van der Waals surface area contributed by atoms with Crippen molar-refractivity contribution in [3.8, 4) is 0 Å². The summed E-state index contributed by atoms with van der Waals surface area (Å²) < 4.78 is 13.5. The summed E-state index contributed by atoms with van der Waals surface area (Å²) >= 11 is 0. The van der Waals surface area contributed by atoms with E-state index in [1.165, 1.54) is 12.8 Å². The van der Waals surface area contributed by atoms with Crippen molar-refractivity contribution in [2.45, 2.75) is 45.2 Å². The third-order valence-electron chi connectivity index (χ3n) is 3.43. The molecule has 0 aromatic heterocycles. The molecule has 0 aliphatic heterocycles. The van der Waals surface area contributed by atoms with E-state index in [9.17, 15) is 4.39 Å². The molecule has 1 fully saturated rings. The van der Waals surface area contributed by atoms with Crippen molar-refractivity contribution in [2.75, 3.05) is 0 Å². The Morgan fingerprint density at radius 1 is 1.31 bits per heavy atom. The zero-order valence-corrected chi connectivity index (χ0v) is 10.0. The molecule has 0 radical (unpaired) electrons. The van der Waals surface area contributed by atoms with Crippen molar-refractivity contribution >= 4 is 0 Å². The van der Waals surface area contributed by atoms with Crippen LogP contribution >= 0.6 is 0 Å². The Labute approximate surface area is 97.1 Å². The van der Waals surface area contributed by atoms with Crippen LogP contribution in [0.5, 0.6) is 0 Å². The van der Waals surface area contributed by atoms with Gasteiger partial charge in [-0.2, -0.15) is 0 Å². The molecule has 1 N–H and O–H groups in total. The van der Waals surface area contributed by atoms with Gasteiger partial charge >= 0.3 is 0 Å². The minimum absolute atomic E-state index is 0.0760. The highest BCUT2D eigenvalue weighted by Gasteiger charge is 2.25. The van der Waals surface area contributed by atoms with Gasteiger partial charge in [-0.05, 0) is 43.7 Å². The van der Waals surface area contributed by atoms with Gasteiger partial charge in [0.2, 0.25) is 0 Å². The predicted octanol–water partition coefficient (Wildman–Crippen LogP) is 3.14. The van der Waals surface area contributed by atoms with Gasteiger partial charge in [0, 0.05) is 12.1 Å². The van der Waals surface area contributed by atoms with E-state index in [-0.39, 0.29) is 5.82 Å². The van der Waals surface area contributed by atoms with Crippen LogP contribution in [0.4, 0.5) is 4.39 Å². The number of rotatable bonds is 5. The molecule has 0 amide bonds. The first-order chi connectivity index (χ1) is 7.66. The average Bonchev–Trinajstić information content (AvgIpc) is 3.05. The van der Waals surface area contributed by atoms with E-state index in [1.807, 2.05) is 12.1 Å². The largest absolute Gasteiger partial charge is 0.311 e. The molecule has 1 aromatic rings. The molecule has 0 heterocycles. The highest BCUT2D eigenvalue weighted by molar-refractivity contribution is 5.18. The van der Waals surface area contributed by atoms with Gasteiger partial charge < -0.3 is 5.32 Å². The van der Waals surface area contributed by atoms with E-state index in [4.69, 9.17) is 0 Å². The van der Waals surface area contributed by atoms with E-state index in [2.05, 4.69) is 19.2 Å². The molecular formula is C14H20FN. The van der Waals surface area contributed by atoms with E-state index in [0.29, 0.717) is 12.0 Å². The van der Waals surface area contributed by atoms with Gasteiger partial charge in [-0.25, -0.2) is 4.39 Å². The Kier molecular flexibility index (Phi) is 3.59. The van der Waals surface area contributed by atoms with Crippen molar-refractivity contribution in [3.05, 3.63) is 35.6 Å². The Bertz CT molecular complexity index is 346. The maximum atomic E-state index is 13.5. The maximum Gasteiger partial charge on any atom is 0.126 e. The van der Waals surface area contributed by atoms with Crippen LogP contribution in [0.3, 0.4) is 0 Å². The Morgan fingerprint density at radius 3 is 2.62 bits per heavy atom. The second-order valence-electron chi connectivity index (χ2n) is 5.00. The van der Waals surface area contributed by atoms with Crippen LogP contribution in [0.1, 0.15) is 32.3 Å². The minimum atomic E-state index is -0.0760. The molecule has 16 heavy (non-hydrogen) atoms. The molecule has 2 atom stereocenters. The van der Waals surface area contributed by atoms with E-state index in [1.54, 1.807) is 12.1 Å². The summed E-state index contributed by atoms with van der Waals surface area (Å²) in [7, 11) is 0. The van der Waals surface area contributed by atoms with Gasteiger partial charge in [0.05, 0.1) is 0 Å². The predicted molar refractivity (Wildman–Crippen MR) is 64.9 cm³/mol. The van der Waals surface area contributed by atoms with Crippen molar-refractivity contribution in [3.63, 3.8) is 0 Å². The summed E-state index contributed by atoms with van der Waals surface area (Å²) in [6.45, 7) is 4.39. The first kappa shape index (κ1) is 11.6. The van der Waals surface area contributed by atoms with Crippen LogP contribution < -0.4 is 5.32 Å². The molecule has 1 saturated carbocycles. The molecule has 88 valence electrons. The molecule has 1 aliphatic carbocycles. The molecule has 2 rings (SSSR count). The Balaban J connectivity index is 1.90. The van der Waals surface area contributed by atoms with Gasteiger partial charge in [0.25, 0.3) is 0 Å². The minimum Gasteiger partial charge on any atom is -0.311 e. The van der Waals surface area contributed by atoms with Crippen molar-refractivity contribution in [1.29, 1.82) is 0 Å². The van der Waals surface area contributed by atoms with Crippen molar-refractivity contribution in [1.82, 2.24) is 5.32 Å². The number of benzene rings is 1. The fourth-order valence-corrected chi connectivity index (χ4v) is 1.97. The summed E-state index contributed by atoms with van der Waals surface area (Å²) in [5.74, 6) is 0.394. The molecule has 1 aromatic carbocycles. The lowest BCUT2D eigenvalue weighted by atomic mass is 9.94. The number of hydrogen-bond donors (Lipinski definition) is 1. The second-order valence-corrected chi connectivity index (χ2v) is 5.00. The van der Waals surface area contributed by atoms with Gasteiger partial charge in [0.15, 0.2) is 0 Å². The summed E-state index contributed by atoms with van der Waals surface area (Å²) in [6, 6.07) is 8.26. The van der Waals surface area contributed by atoms with Gasteiger partial charge in [-0.3, -0.25) is 0 Å². The fraction of sp³-hybridized carbons (Fsp3) is 0.571. The zero-order chi connectivity index (χ0) is 11.5. The molecule has 1 aliphatic rings. The van der Waals surface area contributed by atoms with Crippen LogP contribution in [0, 0.1) is 11.7 Å².